The van der Waals surface area contributed by atoms with Crippen LogP contribution in [0.25, 0.3) is 0 Å². The predicted molar refractivity (Wildman–Crippen MR) is 62.6 cm³/mol. The van der Waals surface area contributed by atoms with Gasteiger partial charge in [0.05, 0.1) is 18.2 Å². The van der Waals surface area contributed by atoms with E-state index in [4.69, 9.17) is 4.74 Å². The van der Waals surface area contributed by atoms with Crippen LogP contribution in [0.1, 0.15) is 41.0 Å². The Balaban J connectivity index is 2.81. The molecule has 1 amide bonds. The maximum Gasteiger partial charge on any atom is 0.411 e. The molecule has 0 unspecified atom stereocenters. The van der Waals surface area contributed by atoms with E-state index in [1.807, 2.05) is 0 Å². The number of hydrogen-bond donors (Lipinski definition) is 1. The molecule has 1 aliphatic heterocycles. The lowest BCUT2D eigenvalue weighted by atomic mass is 10.0. The fraction of sp³-hybridized carbons (Fsp3) is 0.833. The minimum atomic E-state index is -1.02. The first-order chi connectivity index (χ1) is 7.52. The van der Waals surface area contributed by atoms with Gasteiger partial charge in [-0.15, -0.1) is 0 Å². The molecule has 0 aromatic carbocycles. The number of β-amino-alcohol motifs (C(OH)–C–C–N with tert-alkyl or cyclic N) is 1. The molecule has 0 aromatic heterocycles. The molecule has 5 heteroatoms. The van der Waals surface area contributed by atoms with Crippen LogP contribution in [0.15, 0.2) is 0 Å². The van der Waals surface area contributed by atoms with Gasteiger partial charge >= 0.3 is 6.09 Å². The number of nitrogens with zero attached hydrogens (tertiary/aromatic N) is 1. The van der Waals surface area contributed by atoms with Gasteiger partial charge in [-0.1, -0.05) is 0 Å². The van der Waals surface area contributed by atoms with Crippen molar-refractivity contribution < 1.29 is 19.4 Å². The molecule has 5 nitrogen and oxygen atoms in total. The normalized spacial score (nSPS) is 29.3. The number of likely N-dealkylation sites (tertiary alicyclic amines) is 1. The van der Waals surface area contributed by atoms with Gasteiger partial charge in [-0.25, -0.2) is 4.79 Å². The highest BCUT2D eigenvalue weighted by Gasteiger charge is 2.45. The lowest BCUT2D eigenvalue weighted by Crippen LogP contribution is -2.43. The highest BCUT2D eigenvalue weighted by atomic mass is 16.6. The first kappa shape index (κ1) is 14.0. The minimum Gasteiger partial charge on any atom is -0.444 e. The standard InChI is InChI=1S/C12H21NO4/c1-8(14)9-6-12(5,16)7-13(9)10(15)17-11(2,3)4/h9,16H,6-7H2,1-5H3/t9-,12-/m0/s1. The zero-order valence-corrected chi connectivity index (χ0v) is 11.1. The second kappa shape index (κ2) is 4.29. The van der Waals surface area contributed by atoms with Crippen molar-refractivity contribution in [3.8, 4) is 0 Å². The predicted octanol–water partition coefficient (Wildman–Crippen LogP) is 1.34. The van der Waals surface area contributed by atoms with E-state index in [2.05, 4.69) is 0 Å². The van der Waals surface area contributed by atoms with Gasteiger partial charge in [0.25, 0.3) is 0 Å². The molecule has 0 spiro atoms. The number of Topliss-reactive ketones (excluding diaryl/α,β-unsaturated/α-hetero) is 1. The van der Waals surface area contributed by atoms with Crippen molar-refractivity contribution in [1.82, 2.24) is 4.90 Å². The second-order valence-corrected chi connectivity index (χ2v) is 5.94. The summed E-state index contributed by atoms with van der Waals surface area (Å²) in [5.74, 6) is -0.131. The van der Waals surface area contributed by atoms with Crippen LogP contribution in [0.3, 0.4) is 0 Å². The van der Waals surface area contributed by atoms with Gasteiger partial charge in [0.15, 0.2) is 5.78 Å². The Morgan fingerprint density at radius 2 is 1.94 bits per heavy atom. The van der Waals surface area contributed by atoms with Crippen molar-refractivity contribution in [2.75, 3.05) is 6.54 Å². The van der Waals surface area contributed by atoms with Crippen molar-refractivity contribution in [3.63, 3.8) is 0 Å². The van der Waals surface area contributed by atoms with Crippen LogP contribution in [0, 0.1) is 0 Å². The van der Waals surface area contributed by atoms with Crippen LogP contribution in [0.4, 0.5) is 4.79 Å². The monoisotopic (exact) mass is 243 g/mol. The average Bonchev–Trinajstić information content (AvgIpc) is 2.38. The fourth-order valence-electron chi connectivity index (χ4n) is 1.94. The van der Waals surface area contributed by atoms with E-state index in [0.29, 0.717) is 0 Å². The summed E-state index contributed by atoms with van der Waals surface area (Å²) >= 11 is 0. The van der Waals surface area contributed by atoms with Crippen molar-refractivity contribution in [2.24, 2.45) is 0 Å². The number of amides is 1. The summed E-state index contributed by atoms with van der Waals surface area (Å²) in [7, 11) is 0. The molecule has 98 valence electrons. The number of ketones is 1. The number of aliphatic hydroxyl groups is 1. The van der Waals surface area contributed by atoms with Crippen LogP contribution in [-0.4, -0.2) is 45.7 Å². The molecule has 1 heterocycles. The molecule has 1 aliphatic rings. The molecule has 1 rings (SSSR count). The highest BCUT2D eigenvalue weighted by Crippen LogP contribution is 2.28. The number of hydrogen-bond acceptors (Lipinski definition) is 4. The van der Waals surface area contributed by atoms with Crippen molar-refractivity contribution in [3.05, 3.63) is 0 Å². The summed E-state index contributed by atoms with van der Waals surface area (Å²) in [5.41, 5.74) is -1.62. The molecular formula is C12H21NO4. The number of carbonyl (C=O) groups excluding carboxylic acids is 2. The molecule has 0 bridgehead atoms. The van der Waals surface area contributed by atoms with Crippen LogP contribution in [0.5, 0.6) is 0 Å². The van der Waals surface area contributed by atoms with Gasteiger partial charge in [-0.3, -0.25) is 9.69 Å². The summed E-state index contributed by atoms with van der Waals surface area (Å²) in [6.07, 6.45) is -0.280. The number of ether oxygens (including phenoxy) is 1. The average molecular weight is 243 g/mol. The third-order valence-corrected chi connectivity index (χ3v) is 2.62. The van der Waals surface area contributed by atoms with Gasteiger partial charge in [0.1, 0.15) is 5.60 Å². The highest BCUT2D eigenvalue weighted by molar-refractivity contribution is 5.86. The van der Waals surface area contributed by atoms with Gasteiger partial charge in [0.2, 0.25) is 0 Å². The van der Waals surface area contributed by atoms with E-state index >= 15 is 0 Å². The van der Waals surface area contributed by atoms with E-state index < -0.39 is 23.3 Å². The van der Waals surface area contributed by atoms with Crippen molar-refractivity contribution in [1.29, 1.82) is 0 Å². The van der Waals surface area contributed by atoms with Crippen molar-refractivity contribution >= 4 is 11.9 Å². The zero-order valence-electron chi connectivity index (χ0n) is 11.1. The minimum absolute atomic E-state index is 0.131. The Hall–Kier alpha value is -1.10. The SMILES string of the molecule is CC(=O)[C@@H]1C[C@](C)(O)CN1C(=O)OC(C)(C)C. The summed E-state index contributed by atoms with van der Waals surface area (Å²) in [6, 6.07) is -0.583. The molecule has 1 N–H and O–H groups in total. The van der Waals surface area contributed by atoms with E-state index in [-0.39, 0.29) is 18.7 Å². The molecule has 1 fully saturated rings. The van der Waals surface area contributed by atoms with Gasteiger partial charge in [0, 0.05) is 6.42 Å². The maximum atomic E-state index is 11.9. The van der Waals surface area contributed by atoms with E-state index in [1.54, 1.807) is 27.7 Å². The number of carbonyl (C=O) groups is 2. The Morgan fingerprint density at radius 3 is 2.35 bits per heavy atom. The number of rotatable bonds is 1. The summed E-state index contributed by atoms with van der Waals surface area (Å²) in [4.78, 5) is 24.7. The largest absolute Gasteiger partial charge is 0.444 e. The quantitative estimate of drug-likeness (QED) is 0.754. The van der Waals surface area contributed by atoms with Gasteiger partial charge in [-0.05, 0) is 34.6 Å². The maximum absolute atomic E-state index is 11.9. The molecule has 0 aromatic rings. The van der Waals surface area contributed by atoms with E-state index in [9.17, 15) is 14.7 Å². The first-order valence-electron chi connectivity index (χ1n) is 5.74. The summed E-state index contributed by atoms with van der Waals surface area (Å²) in [6.45, 7) is 8.47. The second-order valence-electron chi connectivity index (χ2n) is 5.94. The van der Waals surface area contributed by atoms with Crippen LogP contribution in [0.2, 0.25) is 0 Å². The zero-order chi connectivity index (χ0) is 13.4. The molecule has 17 heavy (non-hydrogen) atoms. The Kier molecular flexibility index (Phi) is 3.52. The summed E-state index contributed by atoms with van der Waals surface area (Å²) < 4.78 is 5.22. The first-order valence-corrected chi connectivity index (χ1v) is 5.74. The van der Waals surface area contributed by atoms with Crippen molar-refractivity contribution in [2.45, 2.75) is 58.3 Å². The Labute approximate surface area is 102 Å². The third-order valence-electron chi connectivity index (χ3n) is 2.62. The van der Waals surface area contributed by atoms with Crippen LogP contribution < -0.4 is 0 Å². The molecule has 0 aliphatic carbocycles. The topological polar surface area (TPSA) is 66.8 Å². The smallest absolute Gasteiger partial charge is 0.411 e. The fourth-order valence-corrected chi connectivity index (χ4v) is 1.94. The molecular weight excluding hydrogens is 222 g/mol. The van der Waals surface area contributed by atoms with E-state index in [1.165, 1.54) is 11.8 Å². The van der Waals surface area contributed by atoms with Gasteiger partial charge < -0.3 is 9.84 Å². The van der Waals surface area contributed by atoms with E-state index in [0.717, 1.165) is 0 Å². The summed E-state index contributed by atoms with van der Waals surface area (Å²) in [5, 5.41) is 9.93. The molecule has 2 atom stereocenters. The molecule has 0 radical (unpaired) electrons. The molecule has 1 saturated heterocycles. The van der Waals surface area contributed by atoms with Gasteiger partial charge in [-0.2, -0.15) is 0 Å². The Morgan fingerprint density at radius 1 is 1.41 bits per heavy atom. The third kappa shape index (κ3) is 3.70. The molecule has 0 saturated carbocycles. The lowest BCUT2D eigenvalue weighted by Gasteiger charge is -2.27. The lowest BCUT2D eigenvalue weighted by molar-refractivity contribution is -0.121. The Bertz CT molecular complexity index is 330. The van der Waals surface area contributed by atoms with Crippen LogP contribution in [-0.2, 0) is 9.53 Å². The van der Waals surface area contributed by atoms with Crippen LogP contribution >= 0.6 is 0 Å².